The van der Waals surface area contributed by atoms with Crippen LogP contribution in [0.5, 0.6) is 0 Å². The normalized spacial score (nSPS) is 11.1. The molecule has 3 rings (SSSR count). The van der Waals surface area contributed by atoms with Gasteiger partial charge in [0.05, 0.1) is 11.3 Å². The smallest absolute Gasteiger partial charge is 0.195 e. The van der Waals surface area contributed by atoms with Gasteiger partial charge in [0.1, 0.15) is 17.8 Å². The fourth-order valence-corrected chi connectivity index (χ4v) is 2.08. The van der Waals surface area contributed by atoms with Crippen molar-refractivity contribution in [3.8, 4) is 11.5 Å². The Balaban J connectivity index is 2.43. The molecule has 1 aromatic carbocycles. The highest BCUT2D eigenvalue weighted by Crippen LogP contribution is 2.30. The molecule has 0 atom stereocenters. The Morgan fingerprint density at radius 3 is 2.85 bits per heavy atom. The number of aliphatic hydroxyl groups is 1. The van der Waals surface area contributed by atoms with Crippen molar-refractivity contribution in [2.24, 2.45) is 0 Å². The average Bonchev–Trinajstić information content (AvgIpc) is 2.45. The first-order chi connectivity index (χ1) is 9.61. The van der Waals surface area contributed by atoms with Crippen LogP contribution < -0.4 is 11.2 Å². The van der Waals surface area contributed by atoms with Gasteiger partial charge in [-0.2, -0.15) is 0 Å². The summed E-state index contributed by atoms with van der Waals surface area (Å²) in [5.41, 5.74) is 6.24. The van der Waals surface area contributed by atoms with Crippen molar-refractivity contribution >= 4 is 22.6 Å². The van der Waals surface area contributed by atoms with Crippen molar-refractivity contribution in [3.05, 3.63) is 46.1 Å². The number of nitrogens with zero attached hydrogens (tertiary/aromatic N) is 1. The summed E-state index contributed by atoms with van der Waals surface area (Å²) in [4.78, 5) is 27.8. The maximum absolute atomic E-state index is 11.9. The number of carbonyl (C=O) groups excluding carboxylic acids is 1. The van der Waals surface area contributed by atoms with Crippen LogP contribution >= 0.6 is 0 Å². The Morgan fingerprint density at radius 1 is 1.35 bits per heavy atom. The van der Waals surface area contributed by atoms with Crippen molar-refractivity contribution in [3.63, 3.8) is 0 Å². The van der Waals surface area contributed by atoms with E-state index in [1.807, 2.05) is 0 Å². The van der Waals surface area contributed by atoms with Gasteiger partial charge in [0, 0.05) is 6.07 Å². The minimum absolute atomic E-state index is 0.0685. The fraction of sp³-hybridized carbons (Fsp3) is 0.0714. The number of fused-ring (bicyclic) bond motifs is 2. The Kier molecular flexibility index (Phi) is 2.73. The summed E-state index contributed by atoms with van der Waals surface area (Å²) in [6.45, 7) is -0.782. The molecule has 20 heavy (non-hydrogen) atoms. The minimum Gasteiger partial charge on any atom is -0.453 e. The fourth-order valence-electron chi connectivity index (χ4n) is 2.08. The molecule has 0 saturated carbocycles. The summed E-state index contributed by atoms with van der Waals surface area (Å²) >= 11 is 0. The second-order valence-corrected chi connectivity index (χ2v) is 4.27. The van der Waals surface area contributed by atoms with Crippen LogP contribution in [0, 0.1) is 0 Å². The van der Waals surface area contributed by atoms with E-state index in [0.717, 1.165) is 6.07 Å². The topological polar surface area (TPSA) is 106 Å². The largest absolute Gasteiger partial charge is 0.453 e. The summed E-state index contributed by atoms with van der Waals surface area (Å²) in [7, 11) is 0. The first-order valence-electron chi connectivity index (χ1n) is 5.88. The third-order valence-electron chi connectivity index (χ3n) is 3.01. The van der Waals surface area contributed by atoms with E-state index >= 15 is 0 Å². The molecule has 100 valence electrons. The van der Waals surface area contributed by atoms with Crippen molar-refractivity contribution in [2.45, 2.75) is 0 Å². The van der Waals surface area contributed by atoms with Crippen molar-refractivity contribution < 1.29 is 14.3 Å². The molecule has 0 spiro atoms. The van der Waals surface area contributed by atoms with Crippen LogP contribution in [0.15, 0.2) is 39.5 Å². The van der Waals surface area contributed by atoms with E-state index in [4.69, 9.17) is 15.3 Å². The molecule has 1 heterocycles. The van der Waals surface area contributed by atoms with Crippen molar-refractivity contribution in [2.75, 3.05) is 12.3 Å². The number of benzene rings is 2. The van der Waals surface area contributed by atoms with Gasteiger partial charge in [-0.15, -0.1) is 0 Å². The lowest BCUT2D eigenvalue weighted by Gasteiger charge is -2.10. The van der Waals surface area contributed by atoms with Crippen LogP contribution in [0.3, 0.4) is 0 Å². The maximum Gasteiger partial charge on any atom is 0.195 e. The van der Waals surface area contributed by atoms with Gasteiger partial charge in [-0.3, -0.25) is 9.59 Å². The number of para-hydroxylation sites is 2. The molecule has 0 fully saturated rings. The molecule has 0 unspecified atom stereocenters. The van der Waals surface area contributed by atoms with Crippen LogP contribution in [-0.2, 0) is 0 Å². The molecule has 1 aliphatic carbocycles. The van der Waals surface area contributed by atoms with E-state index in [2.05, 4.69) is 4.98 Å². The highest BCUT2D eigenvalue weighted by atomic mass is 16.3. The van der Waals surface area contributed by atoms with Crippen molar-refractivity contribution in [1.82, 2.24) is 4.98 Å². The number of aliphatic hydroxyl groups excluding tert-OH is 1. The number of nitrogens with two attached hydrogens (primary N) is 1. The summed E-state index contributed by atoms with van der Waals surface area (Å²) in [5, 5.41) is 8.89. The van der Waals surface area contributed by atoms with E-state index in [1.165, 1.54) is 0 Å². The number of ketones is 1. The lowest BCUT2D eigenvalue weighted by atomic mass is 10.0. The summed E-state index contributed by atoms with van der Waals surface area (Å²) < 4.78 is 5.56. The maximum atomic E-state index is 11.9. The third kappa shape index (κ3) is 1.74. The van der Waals surface area contributed by atoms with Gasteiger partial charge in [-0.1, -0.05) is 12.1 Å². The van der Waals surface area contributed by atoms with E-state index in [0.29, 0.717) is 11.1 Å². The number of aromatic nitrogens is 1. The second kappa shape index (κ2) is 4.43. The van der Waals surface area contributed by atoms with Crippen LogP contribution in [-0.4, -0.2) is 22.5 Å². The van der Waals surface area contributed by atoms with Gasteiger partial charge < -0.3 is 15.3 Å². The first-order valence-corrected chi connectivity index (χ1v) is 5.88. The van der Waals surface area contributed by atoms with E-state index in [1.54, 1.807) is 24.3 Å². The molecule has 2 aliphatic rings. The Morgan fingerprint density at radius 2 is 2.10 bits per heavy atom. The zero-order valence-corrected chi connectivity index (χ0v) is 10.3. The Labute approximate surface area is 112 Å². The van der Waals surface area contributed by atoms with Gasteiger partial charge >= 0.3 is 0 Å². The predicted molar refractivity (Wildman–Crippen MR) is 72.7 cm³/mol. The van der Waals surface area contributed by atoms with Crippen molar-refractivity contribution in [1.29, 1.82) is 0 Å². The number of hydrogen-bond donors (Lipinski definition) is 2. The number of anilines is 1. The SMILES string of the molecule is Nc1c2nc3ccccc3oc-2cc(=O)c1C(=O)CO. The predicted octanol–water partition coefficient (Wildman–Crippen LogP) is 1.05. The highest BCUT2D eigenvalue weighted by Gasteiger charge is 2.22. The van der Waals surface area contributed by atoms with Crippen LogP contribution in [0.4, 0.5) is 5.69 Å². The second-order valence-electron chi connectivity index (χ2n) is 4.27. The van der Waals surface area contributed by atoms with Gasteiger partial charge in [0.25, 0.3) is 0 Å². The monoisotopic (exact) mass is 270 g/mol. The standard InChI is InChI=1S/C14H10N2O4/c15-13-12(9(19)6-17)8(18)5-11-14(13)16-7-3-1-2-4-10(7)20-11/h1-5,17H,6,15H2. The zero-order valence-electron chi connectivity index (χ0n) is 10.3. The average molecular weight is 270 g/mol. The number of hydrogen-bond acceptors (Lipinski definition) is 6. The molecule has 0 aromatic heterocycles. The first kappa shape index (κ1) is 12.3. The lowest BCUT2D eigenvalue weighted by Crippen LogP contribution is -2.21. The quantitative estimate of drug-likeness (QED) is 0.409. The van der Waals surface area contributed by atoms with Gasteiger partial charge in [0.15, 0.2) is 22.6 Å². The molecule has 0 bridgehead atoms. The van der Waals surface area contributed by atoms with Gasteiger partial charge in [0.2, 0.25) is 0 Å². The molecule has 0 saturated heterocycles. The number of carbonyl (C=O) groups is 1. The molecular weight excluding hydrogens is 260 g/mol. The lowest BCUT2D eigenvalue weighted by molar-refractivity contribution is 0.0903. The Bertz CT molecular complexity index is 854. The van der Waals surface area contributed by atoms with E-state index in [-0.39, 0.29) is 22.7 Å². The number of rotatable bonds is 2. The Hall–Kier alpha value is -2.73. The van der Waals surface area contributed by atoms with Gasteiger partial charge in [-0.25, -0.2) is 4.98 Å². The molecule has 6 nitrogen and oxygen atoms in total. The molecule has 0 radical (unpaired) electrons. The third-order valence-corrected chi connectivity index (χ3v) is 3.01. The summed E-state index contributed by atoms with van der Waals surface area (Å²) in [6.07, 6.45) is 0. The van der Waals surface area contributed by atoms with Gasteiger partial charge in [-0.05, 0) is 12.1 Å². The highest BCUT2D eigenvalue weighted by molar-refractivity contribution is 6.04. The van der Waals surface area contributed by atoms with E-state index in [9.17, 15) is 9.59 Å². The van der Waals surface area contributed by atoms with Crippen LogP contribution in [0.1, 0.15) is 10.4 Å². The van der Waals surface area contributed by atoms with Crippen LogP contribution in [0.25, 0.3) is 22.6 Å². The number of Topliss-reactive ketones (excluding diaryl/α,β-unsaturated/α-hetero) is 1. The zero-order chi connectivity index (χ0) is 14.3. The minimum atomic E-state index is -0.782. The van der Waals surface area contributed by atoms with E-state index < -0.39 is 17.8 Å². The molecule has 3 N–H and O–H groups in total. The molecule has 1 aliphatic heterocycles. The summed E-state index contributed by atoms with van der Waals surface area (Å²) in [6, 6.07) is 8.18. The summed E-state index contributed by atoms with van der Waals surface area (Å²) in [5.74, 6) is -0.523. The molecular formula is C14H10N2O4. The molecule has 6 heteroatoms. The van der Waals surface area contributed by atoms with Crippen LogP contribution in [0.2, 0.25) is 0 Å². The number of nitrogen functional groups attached to an aromatic ring is 1. The molecule has 1 aromatic rings. The molecule has 0 amide bonds.